The second kappa shape index (κ2) is 5.90. The highest BCUT2D eigenvalue weighted by atomic mass is 16.1. The summed E-state index contributed by atoms with van der Waals surface area (Å²) in [5, 5.41) is 0. The van der Waals surface area contributed by atoms with E-state index in [4.69, 9.17) is 4.98 Å². The van der Waals surface area contributed by atoms with E-state index in [2.05, 4.69) is 26.0 Å². The van der Waals surface area contributed by atoms with Gasteiger partial charge in [0.15, 0.2) is 0 Å². The second-order valence-corrected chi connectivity index (χ2v) is 7.65. The van der Waals surface area contributed by atoms with Gasteiger partial charge in [0.2, 0.25) is 0 Å². The van der Waals surface area contributed by atoms with Crippen LogP contribution in [0.15, 0.2) is 12.1 Å². The first-order valence-corrected chi connectivity index (χ1v) is 8.54. The van der Waals surface area contributed by atoms with Crippen LogP contribution in [-0.2, 0) is 17.6 Å². The highest BCUT2D eigenvalue weighted by Gasteiger charge is 2.36. The quantitative estimate of drug-likeness (QED) is 0.767. The lowest BCUT2D eigenvalue weighted by molar-refractivity contribution is -0.111. The van der Waals surface area contributed by atoms with Gasteiger partial charge < -0.3 is 4.79 Å². The Morgan fingerprint density at radius 3 is 2.71 bits per heavy atom. The molecule has 0 N–H and O–H groups in total. The van der Waals surface area contributed by atoms with Crippen molar-refractivity contribution < 1.29 is 4.79 Å². The van der Waals surface area contributed by atoms with Crippen LogP contribution in [0.3, 0.4) is 0 Å². The highest BCUT2D eigenvalue weighted by molar-refractivity contribution is 5.65. The lowest BCUT2D eigenvalue weighted by Crippen LogP contribution is -2.30. The molecule has 1 aromatic heterocycles. The minimum absolute atomic E-state index is 0.0116. The molecule has 1 saturated carbocycles. The van der Waals surface area contributed by atoms with Gasteiger partial charge in [-0.15, -0.1) is 0 Å². The van der Waals surface area contributed by atoms with Crippen molar-refractivity contribution in [3.05, 3.63) is 29.1 Å². The average Bonchev–Trinajstić information content (AvgIpc) is 2.48. The number of hydrogen-bond acceptors (Lipinski definition) is 2. The van der Waals surface area contributed by atoms with Gasteiger partial charge in [0.05, 0.1) is 0 Å². The number of aryl methyl sites for hydroxylation is 1. The van der Waals surface area contributed by atoms with Crippen LogP contribution in [0.25, 0.3) is 0 Å². The molecule has 1 fully saturated rings. The Labute approximate surface area is 128 Å². The molecule has 2 heteroatoms. The second-order valence-electron chi connectivity index (χ2n) is 7.65. The first-order chi connectivity index (χ1) is 10.1. The Bertz CT molecular complexity index is 514. The van der Waals surface area contributed by atoms with Gasteiger partial charge in [0.1, 0.15) is 6.29 Å². The number of aldehydes is 1. The van der Waals surface area contributed by atoms with Crippen LogP contribution in [0, 0.1) is 11.3 Å². The maximum Gasteiger partial charge on any atom is 0.128 e. The van der Waals surface area contributed by atoms with Gasteiger partial charge >= 0.3 is 0 Å². The summed E-state index contributed by atoms with van der Waals surface area (Å²) in [6, 6.07) is 4.35. The normalized spacial score (nSPS) is 25.3. The summed E-state index contributed by atoms with van der Waals surface area (Å²) in [7, 11) is 0. The molecule has 0 aliphatic heterocycles. The van der Waals surface area contributed by atoms with E-state index in [1.54, 1.807) is 0 Å². The molecule has 0 aromatic carbocycles. The zero-order valence-corrected chi connectivity index (χ0v) is 13.4. The molecule has 0 bridgehead atoms. The van der Waals surface area contributed by atoms with E-state index in [1.807, 2.05) is 0 Å². The van der Waals surface area contributed by atoms with E-state index in [0.29, 0.717) is 0 Å². The van der Waals surface area contributed by atoms with Crippen LogP contribution in [0.4, 0.5) is 0 Å². The average molecular weight is 285 g/mol. The Kier molecular flexibility index (Phi) is 4.14. The first-order valence-electron chi connectivity index (χ1n) is 8.54. The van der Waals surface area contributed by atoms with Crippen LogP contribution in [0.5, 0.6) is 0 Å². The molecule has 21 heavy (non-hydrogen) atoms. The van der Waals surface area contributed by atoms with Crippen molar-refractivity contribution in [2.45, 2.75) is 71.1 Å². The third-order valence-electron chi connectivity index (χ3n) is 5.61. The van der Waals surface area contributed by atoms with Crippen LogP contribution < -0.4 is 0 Å². The Morgan fingerprint density at radius 1 is 1.24 bits per heavy atom. The topological polar surface area (TPSA) is 30.0 Å². The fourth-order valence-electron chi connectivity index (χ4n) is 4.12. The molecule has 3 rings (SSSR count). The van der Waals surface area contributed by atoms with Crippen LogP contribution in [-0.4, -0.2) is 11.3 Å². The molecular weight excluding hydrogens is 258 g/mol. The first kappa shape index (κ1) is 14.7. The van der Waals surface area contributed by atoms with Gasteiger partial charge in [-0.3, -0.25) is 4.98 Å². The van der Waals surface area contributed by atoms with Gasteiger partial charge in [-0.05, 0) is 42.2 Å². The SMILES string of the molecule is CC1(C)CCc2nc(CC3CCCCC3)ccc2C1C=O. The van der Waals surface area contributed by atoms with Crippen molar-refractivity contribution >= 4 is 6.29 Å². The molecule has 1 unspecified atom stereocenters. The molecule has 0 radical (unpaired) electrons. The van der Waals surface area contributed by atoms with Gasteiger partial charge in [0.25, 0.3) is 0 Å². The third kappa shape index (κ3) is 3.04. The number of hydrogen-bond donors (Lipinski definition) is 0. The van der Waals surface area contributed by atoms with E-state index >= 15 is 0 Å². The van der Waals surface area contributed by atoms with Crippen LogP contribution >= 0.6 is 0 Å². The van der Waals surface area contributed by atoms with Crippen molar-refractivity contribution in [2.24, 2.45) is 11.3 Å². The number of carbonyl (C=O) groups is 1. The van der Waals surface area contributed by atoms with Crippen molar-refractivity contribution in [2.75, 3.05) is 0 Å². The largest absolute Gasteiger partial charge is 0.303 e. The van der Waals surface area contributed by atoms with Crippen LogP contribution in [0.2, 0.25) is 0 Å². The van der Waals surface area contributed by atoms with Crippen molar-refractivity contribution in [1.29, 1.82) is 0 Å². The number of carbonyl (C=O) groups excluding carboxylic acids is 1. The van der Waals surface area contributed by atoms with Crippen molar-refractivity contribution in [3.63, 3.8) is 0 Å². The maximum atomic E-state index is 11.5. The van der Waals surface area contributed by atoms with Crippen LogP contribution in [0.1, 0.15) is 75.2 Å². The van der Waals surface area contributed by atoms with Gasteiger partial charge in [0, 0.05) is 17.3 Å². The molecular formula is C19H27NO. The molecule has 2 aliphatic rings. The van der Waals surface area contributed by atoms with E-state index in [9.17, 15) is 4.79 Å². The molecule has 0 spiro atoms. The van der Waals surface area contributed by atoms with Gasteiger partial charge in [-0.2, -0.15) is 0 Å². The fraction of sp³-hybridized carbons (Fsp3) is 0.684. The van der Waals surface area contributed by atoms with Gasteiger partial charge in [-0.25, -0.2) is 0 Å². The van der Waals surface area contributed by atoms with Crippen molar-refractivity contribution in [3.8, 4) is 0 Å². The Morgan fingerprint density at radius 2 is 2.00 bits per heavy atom. The minimum Gasteiger partial charge on any atom is -0.303 e. The molecule has 0 saturated heterocycles. The lowest BCUT2D eigenvalue weighted by atomic mass is 9.68. The zero-order valence-electron chi connectivity index (χ0n) is 13.4. The summed E-state index contributed by atoms with van der Waals surface area (Å²) in [5.41, 5.74) is 3.67. The molecule has 1 heterocycles. The summed E-state index contributed by atoms with van der Waals surface area (Å²) in [4.78, 5) is 16.4. The molecule has 2 nitrogen and oxygen atoms in total. The third-order valence-corrected chi connectivity index (χ3v) is 5.61. The predicted octanol–water partition coefficient (Wildman–Crippen LogP) is 4.46. The van der Waals surface area contributed by atoms with E-state index in [0.717, 1.165) is 31.5 Å². The molecule has 1 aromatic rings. The number of rotatable bonds is 3. The highest BCUT2D eigenvalue weighted by Crippen LogP contribution is 2.43. The number of nitrogens with zero attached hydrogens (tertiary/aromatic N) is 1. The molecule has 2 aliphatic carbocycles. The van der Waals surface area contributed by atoms with E-state index in [1.165, 1.54) is 49.1 Å². The van der Waals surface area contributed by atoms with Crippen molar-refractivity contribution in [1.82, 2.24) is 4.98 Å². The Hall–Kier alpha value is -1.18. The minimum atomic E-state index is 0.0116. The number of fused-ring (bicyclic) bond motifs is 1. The summed E-state index contributed by atoms with van der Waals surface area (Å²) in [6.07, 6.45) is 11.2. The molecule has 114 valence electrons. The Balaban J connectivity index is 1.80. The summed E-state index contributed by atoms with van der Waals surface area (Å²) < 4.78 is 0. The number of aromatic nitrogens is 1. The maximum absolute atomic E-state index is 11.5. The van der Waals surface area contributed by atoms with E-state index < -0.39 is 0 Å². The monoisotopic (exact) mass is 285 g/mol. The summed E-state index contributed by atoms with van der Waals surface area (Å²) >= 11 is 0. The number of pyridine rings is 1. The fourth-order valence-corrected chi connectivity index (χ4v) is 4.12. The molecule has 0 amide bonds. The lowest BCUT2D eigenvalue weighted by Gasteiger charge is -2.36. The summed E-state index contributed by atoms with van der Waals surface area (Å²) in [6.45, 7) is 4.40. The summed E-state index contributed by atoms with van der Waals surface area (Å²) in [5.74, 6) is 0.837. The van der Waals surface area contributed by atoms with Gasteiger partial charge in [-0.1, -0.05) is 52.0 Å². The smallest absolute Gasteiger partial charge is 0.128 e. The predicted molar refractivity (Wildman–Crippen MR) is 85.4 cm³/mol. The standard InChI is InChI=1S/C19H27NO/c1-19(2)11-10-18-16(17(19)13-21)9-8-15(20-18)12-14-6-4-3-5-7-14/h8-9,13-14,17H,3-7,10-12H2,1-2H3. The molecule has 1 atom stereocenters. The van der Waals surface area contributed by atoms with E-state index in [-0.39, 0.29) is 11.3 Å². The zero-order chi connectivity index (χ0) is 14.9.